The molecule has 0 radical (unpaired) electrons. The first-order valence-corrected chi connectivity index (χ1v) is 11.4. The summed E-state index contributed by atoms with van der Waals surface area (Å²) in [6, 6.07) is 7.34. The third-order valence-corrected chi connectivity index (χ3v) is 5.48. The molecule has 0 aliphatic carbocycles. The van der Waals surface area contributed by atoms with Crippen molar-refractivity contribution in [2.45, 2.75) is 26.8 Å². The van der Waals surface area contributed by atoms with Gasteiger partial charge < -0.3 is 19.3 Å². The van der Waals surface area contributed by atoms with E-state index in [1.807, 2.05) is 13.8 Å². The first-order chi connectivity index (χ1) is 16.3. The van der Waals surface area contributed by atoms with Gasteiger partial charge in [0.1, 0.15) is 5.57 Å². The standard InChI is InChI=1S/C24H25BrN2O7/c1-4-8-34-18-7-6-14(11-19(18)33-5-2)13-27-23(30)16(22(29)26-24(27)31)9-15-10-17(25)21(28)20(12-15)32-3/h6-7,9-12,28H,4-5,8,13H2,1-3H3,(H,26,29,31)/b16-9+. The van der Waals surface area contributed by atoms with Crippen molar-refractivity contribution < 1.29 is 33.7 Å². The van der Waals surface area contributed by atoms with Gasteiger partial charge in [0.2, 0.25) is 0 Å². The van der Waals surface area contributed by atoms with Gasteiger partial charge in [-0.15, -0.1) is 0 Å². The highest BCUT2D eigenvalue weighted by atomic mass is 79.9. The van der Waals surface area contributed by atoms with Crippen LogP contribution in [0.5, 0.6) is 23.0 Å². The number of barbiturate groups is 1. The van der Waals surface area contributed by atoms with E-state index in [2.05, 4.69) is 21.2 Å². The summed E-state index contributed by atoms with van der Waals surface area (Å²) in [6.45, 7) is 4.71. The average molecular weight is 533 g/mol. The molecule has 1 fully saturated rings. The number of carbonyl (C=O) groups excluding carboxylic acids is 3. The van der Waals surface area contributed by atoms with Crippen LogP contribution in [0.15, 0.2) is 40.4 Å². The Hall–Kier alpha value is -3.53. The number of amides is 4. The van der Waals surface area contributed by atoms with E-state index in [1.165, 1.54) is 25.3 Å². The fourth-order valence-electron chi connectivity index (χ4n) is 3.27. The number of halogens is 1. The molecule has 2 aromatic carbocycles. The molecule has 3 rings (SSSR count). The Labute approximate surface area is 205 Å². The molecule has 0 saturated carbocycles. The number of urea groups is 1. The summed E-state index contributed by atoms with van der Waals surface area (Å²) >= 11 is 3.21. The largest absolute Gasteiger partial charge is 0.503 e. The summed E-state index contributed by atoms with van der Waals surface area (Å²) in [7, 11) is 1.38. The van der Waals surface area contributed by atoms with Gasteiger partial charge in [0.25, 0.3) is 11.8 Å². The van der Waals surface area contributed by atoms with Crippen molar-refractivity contribution in [2.24, 2.45) is 0 Å². The van der Waals surface area contributed by atoms with Crippen LogP contribution in [0.2, 0.25) is 0 Å². The molecule has 180 valence electrons. The van der Waals surface area contributed by atoms with Crippen LogP contribution in [0.3, 0.4) is 0 Å². The summed E-state index contributed by atoms with van der Waals surface area (Å²) in [5, 5.41) is 12.2. The van der Waals surface area contributed by atoms with Gasteiger partial charge in [0.15, 0.2) is 23.0 Å². The highest BCUT2D eigenvalue weighted by Gasteiger charge is 2.36. The van der Waals surface area contributed by atoms with Gasteiger partial charge in [0, 0.05) is 0 Å². The molecular weight excluding hydrogens is 508 g/mol. The number of benzene rings is 2. The minimum absolute atomic E-state index is 0.0774. The Bertz CT molecular complexity index is 1150. The maximum Gasteiger partial charge on any atom is 0.331 e. The van der Waals surface area contributed by atoms with Gasteiger partial charge in [-0.3, -0.25) is 19.8 Å². The first kappa shape index (κ1) is 25.1. The third kappa shape index (κ3) is 5.51. The smallest absolute Gasteiger partial charge is 0.331 e. The molecule has 1 aliphatic rings. The molecule has 9 nitrogen and oxygen atoms in total. The monoisotopic (exact) mass is 532 g/mol. The summed E-state index contributed by atoms with van der Waals surface area (Å²) < 4.78 is 16.8. The Morgan fingerprint density at radius 1 is 1.06 bits per heavy atom. The molecule has 2 N–H and O–H groups in total. The maximum absolute atomic E-state index is 13.1. The third-order valence-electron chi connectivity index (χ3n) is 4.88. The number of methoxy groups -OCH3 is 1. The van der Waals surface area contributed by atoms with E-state index in [4.69, 9.17) is 14.2 Å². The summed E-state index contributed by atoms with van der Waals surface area (Å²) in [5.74, 6) is -0.436. The van der Waals surface area contributed by atoms with Crippen molar-refractivity contribution >= 4 is 39.9 Å². The van der Waals surface area contributed by atoms with Crippen molar-refractivity contribution in [2.75, 3.05) is 20.3 Å². The second kappa shape index (κ2) is 11.1. The van der Waals surface area contributed by atoms with Crippen molar-refractivity contribution in [3.8, 4) is 23.0 Å². The molecular formula is C24H25BrN2O7. The van der Waals surface area contributed by atoms with Crippen LogP contribution in [0.25, 0.3) is 6.08 Å². The molecule has 0 spiro atoms. The molecule has 0 bridgehead atoms. The SMILES string of the molecule is CCCOc1ccc(CN2C(=O)NC(=O)/C(=C\c3cc(Br)c(O)c(OC)c3)C2=O)cc1OCC. The van der Waals surface area contributed by atoms with Crippen LogP contribution in [-0.2, 0) is 16.1 Å². The molecule has 10 heteroatoms. The number of phenols is 1. The van der Waals surface area contributed by atoms with E-state index >= 15 is 0 Å². The second-order valence-electron chi connectivity index (χ2n) is 7.32. The van der Waals surface area contributed by atoms with Crippen molar-refractivity contribution in [3.63, 3.8) is 0 Å². The number of hydrogen-bond donors (Lipinski definition) is 2. The van der Waals surface area contributed by atoms with Gasteiger partial charge in [-0.1, -0.05) is 13.0 Å². The molecule has 4 amide bonds. The maximum atomic E-state index is 13.1. The number of carbonyl (C=O) groups is 3. The quantitative estimate of drug-likeness (QED) is 0.370. The predicted molar refractivity (Wildman–Crippen MR) is 128 cm³/mol. The molecule has 1 saturated heterocycles. The van der Waals surface area contributed by atoms with E-state index in [9.17, 15) is 19.5 Å². The number of nitrogens with one attached hydrogen (secondary N) is 1. The minimum Gasteiger partial charge on any atom is -0.503 e. The number of ether oxygens (including phenoxy) is 3. The molecule has 1 heterocycles. The lowest BCUT2D eigenvalue weighted by atomic mass is 10.1. The number of imide groups is 2. The van der Waals surface area contributed by atoms with E-state index in [1.54, 1.807) is 18.2 Å². The van der Waals surface area contributed by atoms with Crippen LogP contribution in [0, 0.1) is 0 Å². The lowest BCUT2D eigenvalue weighted by Gasteiger charge is -2.26. The highest BCUT2D eigenvalue weighted by Crippen LogP contribution is 2.36. The van der Waals surface area contributed by atoms with Gasteiger partial charge in [-0.25, -0.2) is 4.79 Å². The zero-order valence-electron chi connectivity index (χ0n) is 19.0. The Morgan fingerprint density at radius 2 is 1.82 bits per heavy atom. The van der Waals surface area contributed by atoms with Crippen molar-refractivity contribution in [3.05, 3.63) is 51.5 Å². The first-order valence-electron chi connectivity index (χ1n) is 10.6. The number of hydrogen-bond acceptors (Lipinski definition) is 7. The number of phenolic OH excluding ortho intramolecular Hbond substituents is 1. The fourth-order valence-corrected chi connectivity index (χ4v) is 3.73. The normalized spacial score (nSPS) is 14.9. The van der Waals surface area contributed by atoms with Gasteiger partial charge in [0.05, 0.1) is 31.3 Å². The average Bonchev–Trinajstić information content (AvgIpc) is 2.81. The topological polar surface area (TPSA) is 114 Å². The number of aromatic hydroxyl groups is 1. The summed E-state index contributed by atoms with van der Waals surface area (Å²) in [6.07, 6.45) is 2.17. The van der Waals surface area contributed by atoms with Gasteiger partial charge in [-0.2, -0.15) is 0 Å². The van der Waals surface area contributed by atoms with E-state index in [-0.39, 0.29) is 23.6 Å². The Balaban J connectivity index is 1.90. The van der Waals surface area contributed by atoms with E-state index < -0.39 is 17.8 Å². The van der Waals surface area contributed by atoms with Crippen molar-refractivity contribution in [1.29, 1.82) is 0 Å². The second-order valence-corrected chi connectivity index (χ2v) is 8.18. The van der Waals surface area contributed by atoms with Crippen LogP contribution < -0.4 is 19.5 Å². The van der Waals surface area contributed by atoms with Crippen LogP contribution >= 0.6 is 15.9 Å². The molecule has 1 aliphatic heterocycles. The summed E-state index contributed by atoms with van der Waals surface area (Å²) in [5.41, 5.74) is 0.816. The van der Waals surface area contributed by atoms with Gasteiger partial charge >= 0.3 is 6.03 Å². The Kier molecular flexibility index (Phi) is 8.17. The zero-order chi connectivity index (χ0) is 24.8. The Morgan fingerprint density at radius 3 is 2.50 bits per heavy atom. The van der Waals surface area contributed by atoms with Gasteiger partial charge in [-0.05, 0) is 70.7 Å². The molecule has 2 aromatic rings. The highest BCUT2D eigenvalue weighted by molar-refractivity contribution is 9.10. The van der Waals surface area contributed by atoms with Crippen LogP contribution in [0.4, 0.5) is 4.79 Å². The summed E-state index contributed by atoms with van der Waals surface area (Å²) in [4.78, 5) is 38.9. The fraction of sp³-hybridized carbons (Fsp3) is 0.292. The molecule has 0 unspecified atom stereocenters. The predicted octanol–water partition coefficient (Wildman–Crippen LogP) is 4.01. The van der Waals surface area contributed by atoms with E-state index in [0.29, 0.717) is 40.3 Å². The zero-order valence-corrected chi connectivity index (χ0v) is 20.6. The lowest BCUT2D eigenvalue weighted by molar-refractivity contribution is -0.130. The number of rotatable bonds is 9. The van der Waals surface area contributed by atoms with Crippen LogP contribution in [-0.4, -0.2) is 48.2 Å². The molecule has 0 atom stereocenters. The lowest BCUT2D eigenvalue weighted by Crippen LogP contribution is -2.53. The van der Waals surface area contributed by atoms with E-state index in [0.717, 1.165) is 11.3 Å². The number of nitrogens with zero attached hydrogens (tertiary/aromatic N) is 1. The molecule has 0 aromatic heterocycles. The minimum atomic E-state index is -0.819. The molecule has 34 heavy (non-hydrogen) atoms. The van der Waals surface area contributed by atoms with Crippen molar-refractivity contribution in [1.82, 2.24) is 10.2 Å². The van der Waals surface area contributed by atoms with Crippen LogP contribution in [0.1, 0.15) is 31.4 Å².